The maximum absolute atomic E-state index is 12.0. The lowest BCUT2D eigenvalue weighted by Crippen LogP contribution is -2.39. The Morgan fingerprint density at radius 3 is 2.40 bits per heavy atom. The van der Waals surface area contributed by atoms with Crippen LogP contribution in [0.2, 0.25) is 0 Å². The Labute approximate surface area is 121 Å². The number of carbonyl (C=O) groups is 1. The van der Waals surface area contributed by atoms with E-state index in [9.17, 15) is 9.90 Å². The predicted molar refractivity (Wildman–Crippen MR) is 79.2 cm³/mol. The van der Waals surface area contributed by atoms with Gasteiger partial charge in [-0.3, -0.25) is 4.79 Å². The molecule has 0 unspecified atom stereocenters. The summed E-state index contributed by atoms with van der Waals surface area (Å²) >= 11 is 0. The molecule has 0 aliphatic heterocycles. The van der Waals surface area contributed by atoms with Crippen LogP contribution in [-0.2, 0) is 16.1 Å². The second-order valence-electron chi connectivity index (χ2n) is 6.00. The summed E-state index contributed by atoms with van der Waals surface area (Å²) in [5, 5.41) is 12.9. The predicted octanol–water partition coefficient (Wildman–Crippen LogP) is 2.11. The van der Waals surface area contributed by atoms with Gasteiger partial charge >= 0.3 is 5.97 Å². The molecule has 1 aromatic rings. The Hall–Kier alpha value is -1.39. The number of rotatable bonds is 6. The van der Waals surface area contributed by atoms with Crippen LogP contribution in [-0.4, -0.2) is 29.3 Å². The van der Waals surface area contributed by atoms with Crippen LogP contribution >= 0.6 is 0 Å². The van der Waals surface area contributed by atoms with Gasteiger partial charge in [0.2, 0.25) is 0 Å². The number of carbonyl (C=O) groups excluding carboxylic acids is 1. The molecule has 0 amide bonds. The van der Waals surface area contributed by atoms with E-state index in [2.05, 4.69) is 5.32 Å². The standard InChI is InChI=1S/C16H25NO3/c1-12(18)14(15(19)20-16(2,3)4)11-17-10-13-8-6-5-7-9-13/h5-9,12,14,17-18H,10-11H2,1-4H3/t12-,14+/m1/s1. The molecule has 4 heteroatoms. The van der Waals surface area contributed by atoms with E-state index < -0.39 is 17.6 Å². The lowest BCUT2D eigenvalue weighted by Gasteiger charge is -2.25. The Kier molecular flexibility index (Phi) is 6.17. The van der Waals surface area contributed by atoms with Crippen molar-refractivity contribution in [1.82, 2.24) is 5.32 Å². The average Bonchev–Trinajstić information content (AvgIpc) is 2.33. The molecule has 0 heterocycles. The zero-order chi connectivity index (χ0) is 15.2. The molecular formula is C16H25NO3. The summed E-state index contributed by atoms with van der Waals surface area (Å²) < 4.78 is 5.32. The number of nitrogens with one attached hydrogen (secondary N) is 1. The minimum absolute atomic E-state index is 0.368. The fourth-order valence-corrected chi connectivity index (χ4v) is 1.80. The quantitative estimate of drug-likeness (QED) is 0.783. The smallest absolute Gasteiger partial charge is 0.313 e. The molecule has 0 aliphatic rings. The Morgan fingerprint density at radius 2 is 1.90 bits per heavy atom. The van der Waals surface area contributed by atoms with E-state index >= 15 is 0 Å². The van der Waals surface area contributed by atoms with Crippen LogP contribution in [0, 0.1) is 5.92 Å². The van der Waals surface area contributed by atoms with Gasteiger partial charge in [0.05, 0.1) is 12.0 Å². The van der Waals surface area contributed by atoms with Crippen LogP contribution in [0.25, 0.3) is 0 Å². The highest BCUT2D eigenvalue weighted by atomic mass is 16.6. The second kappa shape index (κ2) is 7.41. The molecule has 0 radical (unpaired) electrons. The van der Waals surface area contributed by atoms with Gasteiger partial charge in [0.1, 0.15) is 5.60 Å². The van der Waals surface area contributed by atoms with E-state index in [-0.39, 0.29) is 5.97 Å². The number of aliphatic hydroxyl groups excluding tert-OH is 1. The molecule has 112 valence electrons. The molecule has 0 fully saturated rings. The topological polar surface area (TPSA) is 58.6 Å². The molecule has 20 heavy (non-hydrogen) atoms. The lowest BCUT2D eigenvalue weighted by molar-refractivity contribution is -0.163. The van der Waals surface area contributed by atoms with Crippen molar-refractivity contribution in [1.29, 1.82) is 0 Å². The average molecular weight is 279 g/mol. The molecule has 0 saturated carbocycles. The third kappa shape index (κ3) is 6.17. The third-order valence-electron chi connectivity index (χ3n) is 2.83. The zero-order valence-electron chi connectivity index (χ0n) is 12.7. The normalized spacial score (nSPS) is 14.7. The fourth-order valence-electron chi connectivity index (χ4n) is 1.80. The van der Waals surface area contributed by atoms with Gasteiger partial charge in [0.25, 0.3) is 0 Å². The van der Waals surface area contributed by atoms with Crippen molar-refractivity contribution >= 4 is 5.97 Å². The SMILES string of the molecule is C[C@@H](O)[C@H](CNCc1ccccc1)C(=O)OC(C)(C)C. The zero-order valence-corrected chi connectivity index (χ0v) is 12.7. The van der Waals surface area contributed by atoms with Crippen LogP contribution in [0.15, 0.2) is 30.3 Å². The number of ether oxygens (including phenoxy) is 1. The summed E-state index contributed by atoms with van der Waals surface area (Å²) in [6.45, 7) is 8.12. The largest absolute Gasteiger partial charge is 0.460 e. The fraction of sp³-hybridized carbons (Fsp3) is 0.562. The highest BCUT2D eigenvalue weighted by molar-refractivity contribution is 5.73. The van der Waals surface area contributed by atoms with Crippen molar-refractivity contribution in [2.24, 2.45) is 5.92 Å². The van der Waals surface area contributed by atoms with Crippen molar-refractivity contribution in [3.8, 4) is 0 Å². The molecule has 0 spiro atoms. The van der Waals surface area contributed by atoms with Gasteiger partial charge in [-0.15, -0.1) is 0 Å². The van der Waals surface area contributed by atoms with Crippen molar-refractivity contribution in [3.05, 3.63) is 35.9 Å². The van der Waals surface area contributed by atoms with Crippen LogP contribution in [0.5, 0.6) is 0 Å². The first-order chi connectivity index (χ1) is 9.29. The molecule has 0 saturated heterocycles. The summed E-state index contributed by atoms with van der Waals surface area (Å²) in [5.41, 5.74) is 0.602. The summed E-state index contributed by atoms with van der Waals surface area (Å²) in [6.07, 6.45) is -0.742. The number of hydrogen-bond donors (Lipinski definition) is 2. The molecule has 0 aliphatic carbocycles. The molecule has 1 rings (SSSR count). The van der Waals surface area contributed by atoms with Crippen molar-refractivity contribution in [2.45, 2.75) is 45.9 Å². The summed E-state index contributed by atoms with van der Waals surface area (Å²) in [4.78, 5) is 12.0. The Morgan fingerprint density at radius 1 is 1.30 bits per heavy atom. The Balaban J connectivity index is 2.49. The lowest BCUT2D eigenvalue weighted by atomic mass is 10.0. The van der Waals surface area contributed by atoms with E-state index in [1.807, 2.05) is 51.1 Å². The van der Waals surface area contributed by atoms with E-state index in [1.165, 1.54) is 0 Å². The highest BCUT2D eigenvalue weighted by Gasteiger charge is 2.28. The maximum Gasteiger partial charge on any atom is 0.313 e. The van der Waals surface area contributed by atoms with E-state index in [1.54, 1.807) is 6.92 Å². The second-order valence-corrected chi connectivity index (χ2v) is 6.00. The van der Waals surface area contributed by atoms with Crippen molar-refractivity contribution < 1.29 is 14.6 Å². The van der Waals surface area contributed by atoms with Crippen LogP contribution in [0.3, 0.4) is 0 Å². The minimum Gasteiger partial charge on any atom is -0.460 e. The minimum atomic E-state index is -0.742. The summed E-state index contributed by atoms with van der Waals surface area (Å²) in [6, 6.07) is 9.92. The van der Waals surface area contributed by atoms with Crippen LogP contribution in [0.1, 0.15) is 33.3 Å². The first-order valence-corrected chi connectivity index (χ1v) is 6.95. The van der Waals surface area contributed by atoms with E-state index in [0.717, 1.165) is 5.56 Å². The van der Waals surface area contributed by atoms with Crippen molar-refractivity contribution in [3.63, 3.8) is 0 Å². The molecule has 0 bridgehead atoms. The van der Waals surface area contributed by atoms with Gasteiger partial charge in [0.15, 0.2) is 0 Å². The first-order valence-electron chi connectivity index (χ1n) is 6.95. The van der Waals surface area contributed by atoms with Crippen molar-refractivity contribution in [2.75, 3.05) is 6.54 Å². The third-order valence-corrected chi connectivity index (χ3v) is 2.83. The first kappa shape index (κ1) is 16.7. The Bertz CT molecular complexity index is 409. The number of aliphatic hydroxyl groups is 1. The number of hydrogen-bond acceptors (Lipinski definition) is 4. The van der Waals surface area contributed by atoms with Gasteiger partial charge in [0, 0.05) is 13.1 Å². The molecule has 4 nitrogen and oxygen atoms in total. The maximum atomic E-state index is 12.0. The molecule has 2 atom stereocenters. The summed E-state index contributed by atoms with van der Waals surface area (Å²) in [5.74, 6) is -0.925. The highest BCUT2D eigenvalue weighted by Crippen LogP contribution is 2.13. The molecule has 1 aromatic carbocycles. The molecule has 0 aromatic heterocycles. The molecular weight excluding hydrogens is 254 g/mol. The van der Waals surface area contributed by atoms with Gasteiger partial charge in [-0.25, -0.2) is 0 Å². The van der Waals surface area contributed by atoms with E-state index in [0.29, 0.717) is 13.1 Å². The molecule has 2 N–H and O–H groups in total. The number of benzene rings is 1. The van der Waals surface area contributed by atoms with Crippen LogP contribution < -0.4 is 5.32 Å². The van der Waals surface area contributed by atoms with Gasteiger partial charge in [-0.05, 0) is 33.3 Å². The summed E-state index contributed by atoms with van der Waals surface area (Å²) in [7, 11) is 0. The number of esters is 1. The van der Waals surface area contributed by atoms with Gasteiger partial charge in [-0.2, -0.15) is 0 Å². The van der Waals surface area contributed by atoms with Crippen LogP contribution in [0.4, 0.5) is 0 Å². The van der Waals surface area contributed by atoms with E-state index in [4.69, 9.17) is 4.74 Å². The van der Waals surface area contributed by atoms with Gasteiger partial charge < -0.3 is 15.2 Å². The monoisotopic (exact) mass is 279 g/mol. The van der Waals surface area contributed by atoms with Gasteiger partial charge in [-0.1, -0.05) is 30.3 Å².